The van der Waals surface area contributed by atoms with Crippen molar-refractivity contribution >= 4 is 12.2 Å². The van der Waals surface area contributed by atoms with E-state index in [9.17, 15) is 9.59 Å². The molecule has 0 saturated carbocycles. The van der Waals surface area contributed by atoms with Gasteiger partial charge in [0.05, 0.1) is 0 Å². The number of hydrogen-bond acceptors (Lipinski definition) is 3. The first kappa shape index (κ1) is 10.1. The highest BCUT2D eigenvalue weighted by molar-refractivity contribution is 5.80. The van der Waals surface area contributed by atoms with Crippen LogP contribution >= 0.6 is 0 Å². The second-order valence-corrected chi connectivity index (χ2v) is 2.40. The number of carbonyl (C=O) groups excluding carboxylic acids is 2. The normalized spacial score (nSPS) is 15.2. The maximum Gasteiger partial charge on any atom is 0.225 e. The fourth-order valence-electron chi connectivity index (χ4n) is 0.507. The van der Waals surface area contributed by atoms with E-state index in [2.05, 4.69) is 5.32 Å². The van der Waals surface area contributed by atoms with E-state index in [1.807, 2.05) is 6.92 Å². The van der Waals surface area contributed by atoms with Gasteiger partial charge in [0.15, 0.2) is 12.5 Å². The van der Waals surface area contributed by atoms with Crippen LogP contribution in [0.25, 0.3) is 0 Å². The molecular weight excluding hydrogens is 146 g/mol. The summed E-state index contributed by atoms with van der Waals surface area (Å²) in [6.07, 6.45) is -0.394. The van der Waals surface area contributed by atoms with Gasteiger partial charge >= 0.3 is 0 Å². The SMILES string of the molecule is CCC(C)C(=O)NC(O)C=O. The molecular formula is C7H13NO3. The fraction of sp³-hybridized carbons (Fsp3) is 0.714. The lowest BCUT2D eigenvalue weighted by molar-refractivity contribution is -0.131. The van der Waals surface area contributed by atoms with E-state index in [1.165, 1.54) is 0 Å². The standard InChI is InChI=1S/C7H13NO3/c1-3-5(2)7(11)8-6(10)4-9/h4-6,10H,3H2,1-2H3,(H,8,11). The van der Waals surface area contributed by atoms with Gasteiger partial charge in [0, 0.05) is 5.92 Å². The summed E-state index contributed by atoms with van der Waals surface area (Å²) < 4.78 is 0. The van der Waals surface area contributed by atoms with Crippen molar-refractivity contribution in [3.63, 3.8) is 0 Å². The van der Waals surface area contributed by atoms with Crippen LogP contribution in [0.4, 0.5) is 0 Å². The van der Waals surface area contributed by atoms with Gasteiger partial charge in [-0.05, 0) is 6.42 Å². The Hall–Kier alpha value is -0.900. The molecule has 0 aliphatic heterocycles. The summed E-state index contributed by atoms with van der Waals surface area (Å²) in [6, 6.07) is 0. The third-order valence-electron chi connectivity index (χ3n) is 1.48. The molecule has 0 rings (SSSR count). The first-order valence-electron chi connectivity index (χ1n) is 3.55. The second-order valence-electron chi connectivity index (χ2n) is 2.40. The summed E-state index contributed by atoms with van der Waals surface area (Å²) in [5.74, 6) is -0.461. The lowest BCUT2D eigenvalue weighted by atomic mass is 10.1. The largest absolute Gasteiger partial charge is 0.367 e. The van der Waals surface area contributed by atoms with Crippen molar-refractivity contribution in [2.75, 3.05) is 0 Å². The maximum atomic E-state index is 10.9. The minimum Gasteiger partial charge on any atom is -0.367 e. The van der Waals surface area contributed by atoms with Crippen molar-refractivity contribution < 1.29 is 14.7 Å². The molecule has 11 heavy (non-hydrogen) atoms. The maximum absolute atomic E-state index is 10.9. The van der Waals surface area contributed by atoms with E-state index < -0.39 is 6.23 Å². The Kier molecular flexibility index (Phi) is 4.45. The molecule has 0 saturated heterocycles. The average molecular weight is 159 g/mol. The number of carbonyl (C=O) groups is 2. The quantitative estimate of drug-likeness (QED) is 0.436. The van der Waals surface area contributed by atoms with Crippen LogP contribution in [0.5, 0.6) is 0 Å². The van der Waals surface area contributed by atoms with E-state index in [-0.39, 0.29) is 18.1 Å². The van der Waals surface area contributed by atoms with Gasteiger partial charge in [-0.2, -0.15) is 0 Å². The summed E-state index contributed by atoms with van der Waals surface area (Å²) in [6.45, 7) is 3.59. The number of rotatable bonds is 4. The average Bonchev–Trinajstić information content (AvgIpc) is 2.02. The molecule has 2 atom stereocenters. The molecule has 0 aromatic rings. The number of nitrogens with one attached hydrogen (secondary N) is 1. The minimum atomic E-state index is -1.36. The van der Waals surface area contributed by atoms with E-state index in [4.69, 9.17) is 5.11 Å². The number of aliphatic hydroxyl groups excluding tert-OH is 1. The molecule has 4 nitrogen and oxygen atoms in total. The van der Waals surface area contributed by atoms with Gasteiger partial charge in [0.25, 0.3) is 0 Å². The van der Waals surface area contributed by atoms with Gasteiger partial charge in [0.1, 0.15) is 0 Å². The third kappa shape index (κ3) is 3.72. The molecule has 0 radical (unpaired) electrons. The molecule has 0 aromatic heterocycles. The van der Waals surface area contributed by atoms with Gasteiger partial charge in [0.2, 0.25) is 5.91 Å². The first-order chi connectivity index (χ1) is 5.11. The van der Waals surface area contributed by atoms with Crippen LogP contribution in [0.15, 0.2) is 0 Å². The zero-order chi connectivity index (χ0) is 8.85. The predicted octanol–water partition coefficient (Wildman–Crippen LogP) is -0.334. The van der Waals surface area contributed by atoms with E-state index in [1.54, 1.807) is 6.92 Å². The summed E-state index contributed by atoms with van der Waals surface area (Å²) in [5, 5.41) is 10.8. The molecule has 0 fully saturated rings. The molecule has 0 aliphatic carbocycles. The van der Waals surface area contributed by atoms with Crippen LogP contribution in [-0.4, -0.2) is 23.5 Å². The summed E-state index contributed by atoms with van der Waals surface area (Å²) in [7, 11) is 0. The topological polar surface area (TPSA) is 66.4 Å². The van der Waals surface area contributed by atoms with Crippen molar-refractivity contribution in [1.82, 2.24) is 5.32 Å². The van der Waals surface area contributed by atoms with Gasteiger partial charge in [-0.15, -0.1) is 0 Å². The Morgan fingerprint density at radius 3 is 2.64 bits per heavy atom. The van der Waals surface area contributed by atoms with Crippen LogP contribution < -0.4 is 5.32 Å². The number of aldehydes is 1. The summed E-state index contributed by atoms with van der Waals surface area (Å²) in [5.41, 5.74) is 0. The molecule has 4 heteroatoms. The number of aliphatic hydroxyl groups is 1. The zero-order valence-electron chi connectivity index (χ0n) is 6.70. The van der Waals surface area contributed by atoms with Crippen molar-refractivity contribution in [2.24, 2.45) is 5.92 Å². The monoisotopic (exact) mass is 159 g/mol. The first-order valence-corrected chi connectivity index (χ1v) is 3.55. The Labute approximate surface area is 65.6 Å². The molecule has 2 N–H and O–H groups in total. The molecule has 0 aliphatic rings. The Morgan fingerprint density at radius 2 is 2.27 bits per heavy atom. The van der Waals surface area contributed by atoms with Gasteiger partial charge < -0.3 is 10.4 Å². The Bertz CT molecular complexity index is 147. The highest BCUT2D eigenvalue weighted by atomic mass is 16.3. The smallest absolute Gasteiger partial charge is 0.225 e. The molecule has 0 aromatic carbocycles. The highest BCUT2D eigenvalue weighted by Crippen LogP contribution is 1.99. The van der Waals surface area contributed by atoms with Crippen LogP contribution in [0.2, 0.25) is 0 Å². The van der Waals surface area contributed by atoms with E-state index in [0.717, 1.165) is 0 Å². The third-order valence-corrected chi connectivity index (χ3v) is 1.48. The van der Waals surface area contributed by atoms with E-state index in [0.29, 0.717) is 6.42 Å². The van der Waals surface area contributed by atoms with E-state index >= 15 is 0 Å². The summed E-state index contributed by atoms with van der Waals surface area (Å²) in [4.78, 5) is 20.8. The number of amides is 1. The molecule has 2 unspecified atom stereocenters. The lowest BCUT2D eigenvalue weighted by Crippen LogP contribution is -2.38. The van der Waals surface area contributed by atoms with Gasteiger partial charge in [-0.3, -0.25) is 9.59 Å². The van der Waals surface area contributed by atoms with Crippen molar-refractivity contribution in [3.8, 4) is 0 Å². The zero-order valence-corrected chi connectivity index (χ0v) is 6.70. The second kappa shape index (κ2) is 4.85. The van der Waals surface area contributed by atoms with Crippen LogP contribution in [0, 0.1) is 5.92 Å². The van der Waals surface area contributed by atoms with Crippen LogP contribution in [-0.2, 0) is 9.59 Å². The predicted molar refractivity (Wildman–Crippen MR) is 39.7 cm³/mol. The molecule has 1 amide bonds. The van der Waals surface area contributed by atoms with Crippen molar-refractivity contribution in [1.29, 1.82) is 0 Å². The highest BCUT2D eigenvalue weighted by Gasteiger charge is 2.12. The van der Waals surface area contributed by atoms with Gasteiger partial charge in [-0.25, -0.2) is 0 Å². The van der Waals surface area contributed by atoms with Crippen molar-refractivity contribution in [3.05, 3.63) is 0 Å². The molecule has 0 bridgehead atoms. The Morgan fingerprint density at radius 1 is 1.73 bits per heavy atom. The van der Waals surface area contributed by atoms with Crippen LogP contribution in [0.1, 0.15) is 20.3 Å². The molecule has 64 valence electrons. The van der Waals surface area contributed by atoms with Gasteiger partial charge in [-0.1, -0.05) is 13.8 Å². The van der Waals surface area contributed by atoms with Crippen molar-refractivity contribution in [2.45, 2.75) is 26.5 Å². The Balaban J connectivity index is 3.76. The fourth-order valence-corrected chi connectivity index (χ4v) is 0.507. The van der Waals surface area contributed by atoms with Crippen LogP contribution in [0.3, 0.4) is 0 Å². The molecule has 0 spiro atoms. The summed E-state index contributed by atoms with van der Waals surface area (Å²) >= 11 is 0. The number of hydrogen-bond donors (Lipinski definition) is 2. The lowest BCUT2D eigenvalue weighted by Gasteiger charge is -2.10. The molecule has 0 heterocycles. The minimum absolute atomic E-state index is 0.162.